The first-order valence-electron chi connectivity index (χ1n) is 8.18. The van der Waals surface area contributed by atoms with Gasteiger partial charge in [-0.05, 0) is 18.2 Å². The van der Waals surface area contributed by atoms with Crippen LogP contribution >= 0.6 is 11.6 Å². The lowest BCUT2D eigenvalue weighted by atomic mass is 10.1. The van der Waals surface area contributed by atoms with E-state index in [0.717, 1.165) is 11.6 Å². The summed E-state index contributed by atoms with van der Waals surface area (Å²) in [5, 5.41) is 11.7. The van der Waals surface area contributed by atoms with Crippen LogP contribution < -0.4 is 10.1 Å². The maximum Gasteiger partial charge on any atom is 0.390 e. The normalized spacial score (nSPS) is 12.4. The number of hydrogen-bond donors (Lipinski definition) is 1. The zero-order chi connectivity index (χ0) is 19.9. The van der Waals surface area contributed by atoms with Crippen molar-refractivity contribution in [2.24, 2.45) is 0 Å². The van der Waals surface area contributed by atoms with E-state index in [9.17, 15) is 22.8 Å². The highest BCUT2D eigenvalue weighted by Crippen LogP contribution is 2.31. The van der Waals surface area contributed by atoms with Crippen molar-refractivity contribution < 1.29 is 22.3 Å². The number of halogens is 5. The van der Waals surface area contributed by atoms with Crippen molar-refractivity contribution in [1.82, 2.24) is 5.32 Å². The Kier molecular flexibility index (Phi) is 7.45. The third-order valence-electron chi connectivity index (χ3n) is 3.75. The summed E-state index contributed by atoms with van der Waals surface area (Å²) in [5.74, 6) is -0.612. The number of benzene rings is 2. The maximum absolute atomic E-state index is 13.5. The molecule has 0 saturated heterocycles. The van der Waals surface area contributed by atoms with Crippen LogP contribution in [0, 0.1) is 17.1 Å². The standard InChI is InChI=1S/C19H17ClF4N2O/c20-15-11-18(14(12-25)10-16(15)21)27-17(13-4-2-1-3-5-13)6-8-26-9-7-19(22,23)24/h1-5,10-11,17,26H,6-9H2/t17-/m1/s1. The third kappa shape index (κ3) is 6.74. The predicted octanol–water partition coefficient (Wildman–Crippen LogP) is 5.40. The Morgan fingerprint density at radius 2 is 1.85 bits per heavy atom. The number of hydrogen-bond acceptors (Lipinski definition) is 3. The molecule has 27 heavy (non-hydrogen) atoms. The van der Waals surface area contributed by atoms with Gasteiger partial charge in [-0.25, -0.2) is 4.39 Å². The van der Waals surface area contributed by atoms with Gasteiger partial charge in [0.05, 0.1) is 17.0 Å². The Morgan fingerprint density at radius 1 is 1.15 bits per heavy atom. The molecule has 0 unspecified atom stereocenters. The van der Waals surface area contributed by atoms with Crippen molar-refractivity contribution >= 4 is 11.6 Å². The molecule has 0 aliphatic carbocycles. The van der Waals surface area contributed by atoms with Gasteiger partial charge in [-0.2, -0.15) is 18.4 Å². The van der Waals surface area contributed by atoms with E-state index in [4.69, 9.17) is 16.3 Å². The van der Waals surface area contributed by atoms with Crippen LogP contribution in [0.1, 0.15) is 30.1 Å². The van der Waals surface area contributed by atoms with E-state index in [1.165, 1.54) is 6.07 Å². The van der Waals surface area contributed by atoms with Crippen LogP contribution in [-0.4, -0.2) is 19.3 Å². The van der Waals surface area contributed by atoms with Gasteiger partial charge in [0.15, 0.2) is 0 Å². The summed E-state index contributed by atoms with van der Waals surface area (Å²) in [6.45, 7) is 0.0727. The lowest BCUT2D eigenvalue weighted by Gasteiger charge is -2.21. The lowest BCUT2D eigenvalue weighted by Crippen LogP contribution is -2.24. The second kappa shape index (κ2) is 9.58. The van der Waals surface area contributed by atoms with Crippen LogP contribution in [0.3, 0.4) is 0 Å². The number of nitriles is 1. The van der Waals surface area contributed by atoms with Gasteiger partial charge in [-0.3, -0.25) is 0 Å². The lowest BCUT2D eigenvalue weighted by molar-refractivity contribution is -0.133. The van der Waals surface area contributed by atoms with Crippen LogP contribution in [0.15, 0.2) is 42.5 Å². The molecule has 2 rings (SSSR count). The summed E-state index contributed by atoms with van der Waals surface area (Å²) in [6.07, 6.45) is -5.33. The van der Waals surface area contributed by atoms with E-state index in [0.29, 0.717) is 6.42 Å². The minimum atomic E-state index is -4.21. The minimum absolute atomic E-state index is 0.0112. The quantitative estimate of drug-likeness (QED) is 0.476. The maximum atomic E-state index is 13.5. The van der Waals surface area contributed by atoms with E-state index >= 15 is 0 Å². The molecule has 0 heterocycles. The van der Waals surface area contributed by atoms with Crippen LogP contribution in [0.25, 0.3) is 0 Å². The van der Waals surface area contributed by atoms with Crippen LogP contribution in [0.5, 0.6) is 5.75 Å². The van der Waals surface area contributed by atoms with Crippen molar-refractivity contribution in [3.63, 3.8) is 0 Å². The topological polar surface area (TPSA) is 45.0 Å². The van der Waals surface area contributed by atoms with Gasteiger partial charge in [0, 0.05) is 19.0 Å². The third-order valence-corrected chi connectivity index (χ3v) is 4.04. The summed E-state index contributed by atoms with van der Waals surface area (Å²) in [4.78, 5) is 0. The predicted molar refractivity (Wildman–Crippen MR) is 94.1 cm³/mol. The molecule has 1 atom stereocenters. The largest absolute Gasteiger partial charge is 0.484 e. The fourth-order valence-corrected chi connectivity index (χ4v) is 2.57. The molecule has 0 spiro atoms. The average Bonchev–Trinajstić information content (AvgIpc) is 2.63. The molecule has 0 fully saturated rings. The van der Waals surface area contributed by atoms with E-state index in [2.05, 4.69) is 5.32 Å². The zero-order valence-corrected chi connectivity index (χ0v) is 14.9. The summed E-state index contributed by atoms with van der Waals surface area (Å²) in [7, 11) is 0. The summed E-state index contributed by atoms with van der Waals surface area (Å²) >= 11 is 5.78. The SMILES string of the molecule is N#Cc1cc(F)c(Cl)cc1O[C@H](CCNCCC(F)(F)F)c1ccccc1. The van der Waals surface area contributed by atoms with Crippen LogP contribution in [-0.2, 0) is 0 Å². The van der Waals surface area contributed by atoms with Gasteiger partial charge < -0.3 is 10.1 Å². The Hall–Kier alpha value is -2.30. The first kappa shape index (κ1) is 21.0. The first-order chi connectivity index (χ1) is 12.8. The molecule has 144 valence electrons. The summed E-state index contributed by atoms with van der Waals surface area (Å²) in [6, 6.07) is 13.1. The Balaban J connectivity index is 2.10. The van der Waals surface area contributed by atoms with Crippen molar-refractivity contribution in [2.75, 3.05) is 13.1 Å². The molecule has 0 saturated carbocycles. The Labute approximate surface area is 159 Å². The highest BCUT2D eigenvalue weighted by atomic mass is 35.5. The number of nitrogens with zero attached hydrogens (tertiary/aromatic N) is 1. The Bertz CT molecular complexity index is 791. The molecule has 0 aliphatic rings. The van der Waals surface area contributed by atoms with Crippen molar-refractivity contribution in [2.45, 2.75) is 25.1 Å². The van der Waals surface area contributed by atoms with E-state index in [-0.39, 0.29) is 29.4 Å². The smallest absolute Gasteiger partial charge is 0.390 e. The number of nitrogens with one attached hydrogen (secondary N) is 1. The monoisotopic (exact) mass is 400 g/mol. The van der Waals surface area contributed by atoms with Gasteiger partial charge in [0.2, 0.25) is 0 Å². The van der Waals surface area contributed by atoms with Gasteiger partial charge in [0.25, 0.3) is 0 Å². The zero-order valence-electron chi connectivity index (χ0n) is 14.2. The molecule has 0 bridgehead atoms. The highest BCUT2D eigenvalue weighted by Gasteiger charge is 2.26. The van der Waals surface area contributed by atoms with E-state index < -0.39 is 24.5 Å². The summed E-state index contributed by atoms with van der Waals surface area (Å²) in [5.41, 5.74) is 0.766. The molecule has 1 N–H and O–H groups in total. The highest BCUT2D eigenvalue weighted by molar-refractivity contribution is 6.30. The van der Waals surface area contributed by atoms with Crippen molar-refractivity contribution in [3.05, 3.63) is 64.4 Å². The van der Waals surface area contributed by atoms with Gasteiger partial charge >= 0.3 is 6.18 Å². The number of rotatable bonds is 8. The number of ether oxygens (including phenoxy) is 1. The van der Waals surface area contributed by atoms with Crippen molar-refractivity contribution in [3.8, 4) is 11.8 Å². The van der Waals surface area contributed by atoms with E-state index in [1.54, 1.807) is 24.3 Å². The molecule has 0 aromatic heterocycles. The first-order valence-corrected chi connectivity index (χ1v) is 8.56. The average molecular weight is 401 g/mol. The van der Waals surface area contributed by atoms with Crippen molar-refractivity contribution in [1.29, 1.82) is 5.26 Å². The second-order valence-electron chi connectivity index (χ2n) is 5.80. The van der Waals surface area contributed by atoms with Gasteiger partial charge in [0.1, 0.15) is 23.7 Å². The molecule has 0 amide bonds. The van der Waals surface area contributed by atoms with E-state index in [1.807, 2.05) is 12.1 Å². The molecule has 0 aliphatic heterocycles. The number of alkyl halides is 3. The molecular formula is C19H17ClF4N2O. The molecule has 2 aromatic rings. The molecular weight excluding hydrogens is 384 g/mol. The second-order valence-corrected chi connectivity index (χ2v) is 6.20. The van der Waals surface area contributed by atoms with Gasteiger partial charge in [-0.15, -0.1) is 0 Å². The minimum Gasteiger partial charge on any atom is -0.484 e. The van der Waals surface area contributed by atoms with Crippen LogP contribution in [0.4, 0.5) is 17.6 Å². The molecule has 2 aromatic carbocycles. The van der Waals surface area contributed by atoms with Gasteiger partial charge in [-0.1, -0.05) is 41.9 Å². The fraction of sp³-hybridized carbons (Fsp3) is 0.316. The molecule has 0 radical (unpaired) electrons. The molecule has 3 nitrogen and oxygen atoms in total. The fourth-order valence-electron chi connectivity index (χ4n) is 2.42. The van der Waals surface area contributed by atoms with Crippen LogP contribution in [0.2, 0.25) is 5.02 Å². The summed E-state index contributed by atoms with van der Waals surface area (Å²) < 4.78 is 56.0. The molecule has 8 heteroatoms. The Morgan fingerprint density at radius 3 is 2.48 bits per heavy atom.